The highest BCUT2D eigenvalue weighted by Crippen LogP contribution is 2.32. The molecule has 1 atom stereocenters. The zero-order chi connectivity index (χ0) is 20.1. The Morgan fingerprint density at radius 1 is 1.17 bits per heavy atom. The number of nitrogens with one attached hydrogen (secondary N) is 1. The fourth-order valence-electron chi connectivity index (χ4n) is 3.80. The van der Waals surface area contributed by atoms with Crippen molar-refractivity contribution < 1.29 is 19.0 Å². The Labute approximate surface area is 171 Å². The minimum atomic E-state index is -0.116. The van der Waals surface area contributed by atoms with Crippen molar-refractivity contribution in [3.8, 4) is 17.2 Å². The molecule has 0 aromatic heterocycles. The van der Waals surface area contributed by atoms with Gasteiger partial charge in [0, 0.05) is 12.6 Å². The predicted octanol–water partition coefficient (Wildman–Crippen LogP) is 3.39. The molecule has 0 aliphatic carbocycles. The first-order valence-electron chi connectivity index (χ1n) is 9.96. The summed E-state index contributed by atoms with van der Waals surface area (Å²) in [6, 6.07) is 13.9. The summed E-state index contributed by atoms with van der Waals surface area (Å²) in [5, 5.41) is 3.05. The van der Waals surface area contributed by atoms with Crippen LogP contribution < -0.4 is 19.5 Å². The molecule has 152 valence electrons. The van der Waals surface area contributed by atoms with Crippen LogP contribution in [0.5, 0.6) is 17.2 Å². The molecule has 29 heavy (non-hydrogen) atoms. The van der Waals surface area contributed by atoms with E-state index in [0.717, 1.165) is 35.7 Å². The second-order valence-corrected chi connectivity index (χ2v) is 7.23. The number of nitrogens with zero attached hydrogens (tertiary/aromatic N) is 1. The topological polar surface area (TPSA) is 60.0 Å². The molecule has 1 amide bonds. The highest BCUT2D eigenvalue weighted by Gasteiger charge is 2.24. The number of hydrogen-bond donors (Lipinski definition) is 1. The molecule has 2 aromatic carbocycles. The molecule has 1 unspecified atom stereocenters. The van der Waals surface area contributed by atoms with Gasteiger partial charge in [0.25, 0.3) is 0 Å². The van der Waals surface area contributed by atoms with Gasteiger partial charge in [-0.15, -0.1) is 0 Å². The van der Waals surface area contributed by atoms with Crippen molar-refractivity contribution in [1.29, 1.82) is 0 Å². The number of fused-ring (bicyclic) bond motifs is 1. The number of benzene rings is 2. The first-order chi connectivity index (χ1) is 14.2. The molecular weight excluding hydrogens is 368 g/mol. The van der Waals surface area contributed by atoms with E-state index in [1.807, 2.05) is 30.3 Å². The van der Waals surface area contributed by atoms with Gasteiger partial charge in [0.1, 0.15) is 5.75 Å². The minimum Gasteiger partial charge on any atom is -0.497 e. The van der Waals surface area contributed by atoms with Crippen LogP contribution >= 0.6 is 0 Å². The fraction of sp³-hybridized carbons (Fsp3) is 0.348. The molecule has 6 heteroatoms. The maximum Gasteiger partial charge on any atom is 0.244 e. The average Bonchev–Trinajstić information content (AvgIpc) is 3.44. The number of rotatable bonds is 7. The van der Waals surface area contributed by atoms with Crippen LogP contribution in [-0.4, -0.2) is 44.3 Å². The van der Waals surface area contributed by atoms with Crippen molar-refractivity contribution in [2.24, 2.45) is 0 Å². The van der Waals surface area contributed by atoms with Gasteiger partial charge in [-0.05, 0) is 67.4 Å². The Morgan fingerprint density at radius 3 is 2.83 bits per heavy atom. The molecule has 2 aliphatic heterocycles. The van der Waals surface area contributed by atoms with Crippen molar-refractivity contribution >= 4 is 12.0 Å². The highest BCUT2D eigenvalue weighted by atomic mass is 16.7. The molecular formula is C23H26N2O4. The molecule has 0 radical (unpaired) electrons. The third-order valence-electron chi connectivity index (χ3n) is 5.35. The number of carbonyl (C=O) groups excluding carboxylic acids is 1. The first-order valence-corrected chi connectivity index (χ1v) is 9.96. The second-order valence-electron chi connectivity index (χ2n) is 7.23. The van der Waals surface area contributed by atoms with Gasteiger partial charge < -0.3 is 19.5 Å². The normalized spacial score (nSPS) is 16.9. The van der Waals surface area contributed by atoms with Crippen molar-refractivity contribution in [2.45, 2.75) is 18.9 Å². The van der Waals surface area contributed by atoms with Crippen LogP contribution in [-0.2, 0) is 4.79 Å². The summed E-state index contributed by atoms with van der Waals surface area (Å²) in [4.78, 5) is 14.9. The van der Waals surface area contributed by atoms with Crippen molar-refractivity contribution in [1.82, 2.24) is 10.2 Å². The largest absolute Gasteiger partial charge is 0.497 e. The lowest BCUT2D eigenvalue weighted by Crippen LogP contribution is -2.36. The van der Waals surface area contributed by atoms with Gasteiger partial charge in [-0.3, -0.25) is 9.69 Å². The molecule has 2 heterocycles. The molecule has 0 bridgehead atoms. The molecule has 4 rings (SSSR count). The van der Waals surface area contributed by atoms with E-state index in [0.29, 0.717) is 12.3 Å². The molecule has 1 fully saturated rings. The number of hydrogen-bond acceptors (Lipinski definition) is 5. The van der Waals surface area contributed by atoms with Crippen LogP contribution in [0.2, 0.25) is 0 Å². The van der Waals surface area contributed by atoms with Gasteiger partial charge in [-0.1, -0.05) is 18.2 Å². The average molecular weight is 394 g/mol. The second kappa shape index (κ2) is 9.01. The number of methoxy groups -OCH3 is 1. The molecule has 2 aromatic rings. The molecule has 1 N–H and O–H groups in total. The lowest BCUT2D eigenvalue weighted by atomic mass is 10.0. The number of ether oxygens (including phenoxy) is 3. The monoisotopic (exact) mass is 394 g/mol. The van der Waals surface area contributed by atoms with E-state index in [4.69, 9.17) is 14.2 Å². The fourth-order valence-corrected chi connectivity index (χ4v) is 3.80. The zero-order valence-corrected chi connectivity index (χ0v) is 16.6. The van der Waals surface area contributed by atoms with E-state index < -0.39 is 0 Å². The summed E-state index contributed by atoms with van der Waals surface area (Å²) in [6.07, 6.45) is 5.73. The van der Waals surface area contributed by atoms with Crippen molar-refractivity contribution in [2.75, 3.05) is 33.5 Å². The van der Waals surface area contributed by atoms with Crippen molar-refractivity contribution in [3.05, 3.63) is 59.7 Å². The van der Waals surface area contributed by atoms with E-state index in [1.165, 1.54) is 12.8 Å². The minimum absolute atomic E-state index is 0.116. The summed E-state index contributed by atoms with van der Waals surface area (Å²) < 4.78 is 16.1. The highest BCUT2D eigenvalue weighted by molar-refractivity contribution is 5.91. The Bertz CT molecular complexity index is 890. The Kier molecular flexibility index (Phi) is 6.00. The van der Waals surface area contributed by atoms with E-state index in [-0.39, 0.29) is 18.7 Å². The SMILES string of the molecule is COc1cccc(C(CNC(=O)/C=C/c2ccc3c(c2)OCO3)N2CCCC2)c1. The predicted molar refractivity (Wildman–Crippen MR) is 111 cm³/mol. The third kappa shape index (κ3) is 4.71. The smallest absolute Gasteiger partial charge is 0.244 e. The van der Waals surface area contributed by atoms with Crippen LogP contribution in [0, 0.1) is 0 Å². The van der Waals surface area contributed by atoms with E-state index in [1.54, 1.807) is 19.3 Å². The van der Waals surface area contributed by atoms with Gasteiger partial charge in [-0.25, -0.2) is 0 Å². The standard InChI is InChI=1S/C23H26N2O4/c1-27-19-6-4-5-18(14-19)20(25-11-2-3-12-25)15-24-23(26)10-8-17-7-9-21-22(13-17)29-16-28-21/h4-10,13-14,20H,2-3,11-12,15-16H2,1H3,(H,24,26)/b10-8+. The van der Waals surface area contributed by atoms with Crippen LogP contribution in [0.1, 0.15) is 30.0 Å². The summed E-state index contributed by atoms with van der Waals surface area (Å²) in [6.45, 7) is 2.89. The van der Waals surface area contributed by atoms with Gasteiger partial charge in [-0.2, -0.15) is 0 Å². The molecule has 0 spiro atoms. The first kappa shape index (κ1) is 19.3. The Morgan fingerprint density at radius 2 is 2.00 bits per heavy atom. The van der Waals surface area contributed by atoms with Crippen LogP contribution in [0.4, 0.5) is 0 Å². The van der Waals surface area contributed by atoms with Gasteiger partial charge in [0.15, 0.2) is 11.5 Å². The maximum absolute atomic E-state index is 12.4. The van der Waals surface area contributed by atoms with Crippen LogP contribution in [0.15, 0.2) is 48.5 Å². The molecule has 2 aliphatic rings. The zero-order valence-electron chi connectivity index (χ0n) is 16.6. The van der Waals surface area contributed by atoms with Gasteiger partial charge in [0.2, 0.25) is 12.7 Å². The van der Waals surface area contributed by atoms with E-state index in [2.05, 4.69) is 22.3 Å². The third-order valence-corrected chi connectivity index (χ3v) is 5.35. The maximum atomic E-state index is 12.4. The van der Waals surface area contributed by atoms with E-state index in [9.17, 15) is 4.79 Å². The number of amides is 1. The van der Waals surface area contributed by atoms with E-state index >= 15 is 0 Å². The lowest BCUT2D eigenvalue weighted by molar-refractivity contribution is -0.116. The summed E-state index contributed by atoms with van der Waals surface area (Å²) >= 11 is 0. The summed E-state index contributed by atoms with van der Waals surface area (Å²) in [7, 11) is 1.67. The van der Waals surface area contributed by atoms with Crippen LogP contribution in [0.3, 0.4) is 0 Å². The van der Waals surface area contributed by atoms with Gasteiger partial charge >= 0.3 is 0 Å². The quantitative estimate of drug-likeness (QED) is 0.730. The molecule has 1 saturated heterocycles. The Balaban J connectivity index is 1.40. The number of likely N-dealkylation sites (tertiary alicyclic amines) is 1. The van der Waals surface area contributed by atoms with Gasteiger partial charge in [0.05, 0.1) is 13.2 Å². The Hall–Kier alpha value is -2.99. The summed E-state index contributed by atoms with van der Waals surface area (Å²) in [5.41, 5.74) is 2.06. The molecule has 6 nitrogen and oxygen atoms in total. The van der Waals surface area contributed by atoms with Crippen LogP contribution in [0.25, 0.3) is 6.08 Å². The number of carbonyl (C=O) groups is 1. The lowest BCUT2D eigenvalue weighted by Gasteiger charge is -2.28. The van der Waals surface area contributed by atoms with Crippen molar-refractivity contribution in [3.63, 3.8) is 0 Å². The summed E-state index contributed by atoms with van der Waals surface area (Å²) in [5.74, 6) is 2.16. The molecule has 0 saturated carbocycles.